The smallest absolute Gasteiger partial charge is 0.0890 e. The summed E-state index contributed by atoms with van der Waals surface area (Å²) in [5, 5.41) is 0. The predicted molar refractivity (Wildman–Crippen MR) is 105 cm³/mol. The van der Waals surface area contributed by atoms with Crippen LogP contribution in [0.15, 0.2) is 42.6 Å². The molecule has 2 nitrogen and oxygen atoms in total. The molecule has 1 aromatic carbocycles. The van der Waals surface area contributed by atoms with Crippen LogP contribution in [0.5, 0.6) is 0 Å². The lowest BCUT2D eigenvalue weighted by Gasteiger charge is -2.63. The molecule has 4 bridgehead atoms. The van der Waals surface area contributed by atoms with Crippen molar-refractivity contribution in [3.05, 3.63) is 59.4 Å². The van der Waals surface area contributed by atoms with Crippen LogP contribution in [-0.4, -0.2) is 4.98 Å². The third-order valence-electron chi connectivity index (χ3n) is 8.21. The number of fused-ring (bicyclic) bond motifs is 1. The Morgan fingerprint density at radius 1 is 0.923 bits per heavy atom. The van der Waals surface area contributed by atoms with Crippen molar-refractivity contribution in [3.63, 3.8) is 0 Å². The fourth-order valence-electron chi connectivity index (χ4n) is 7.59. The minimum atomic E-state index is 0.134. The van der Waals surface area contributed by atoms with Gasteiger partial charge >= 0.3 is 0 Å². The second-order valence-corrected chi connectivity index (χ2v) is 9.40. The maximum Gasteiger partial charge on any atom is 0.0890 e. The predicted octanol–water partition coefficient (Wildman–Crippen LogP) is 5.62. The van der Waals surface area contributed by atoms with E-state index in [0.29, 0.717) is 6.04 Å². The molecule has 26 heavy (non-hydrogen) atoms. The summed E-state index contributed by atoms with van der Waals surface area (Å²) < 4.78 is 0. The lowest BCUT2D eigenvalue weighted by Crippen LogP contribution is -2.62. The van der Waals surface area contributed by atoms with Crippen molar-refractivity contribution in [2.24, 2.45) is 23.7 Å². The van der Waals surface area contributed by atoms with Crippen LogP contribution < -0.4 is 4.90 Å². The Hall–Kier alpha value is -1.83. The van der Waals surface area contributed by atoms with E-state index in [1.54, 1.807) is 0 Å². The van der Waals surface area contributed by atoms with Gasteiger partial charge in [-0.25, -0.2) is 0 Å². The van der Waals surface area contributed by atoms with Crippen molar-refractivity contribution in [2.45, 2.75) is 57.5 Å². The molecular formula is C24H28N2. The summed E-state index contributed by atoms with van der Waals surface area (Å²) in [4.78, 5) is 7.90. The summed E-state index contributed by atoms with van der Waals surface area (Å²) in [5.74, 6) is 3.50. The lowest BCUT2D eigenvalue weighted by molar-refractivity contribution is -0.0619. The molecule has 1 unspecified atom stereocenters. The fraction of sp³-hybridized carbons (Fsp3) is 0.542. The van der Waals surface area contributed by atoms with Gasteiger partial charge in [-0.05, 0) is 92.9 Å². The Morgan fingerprint density at radius 3 is 2.31 bits per heavy atom. The van der Waals surface area contributed by atoms with E-state index < -0.39 is 0 Å². The number of anilines is 1. The molecule has 5 aliphatic rings. The number of para-hydroxylation sites is 1. The Bertz CT molecular complexity index is 842. The highest BCUT2D eigenvalue weighted by Crippen LogP contribution is 2.68. The molecule has 1 aliphatic heterocycles. The Labute approximate surface area is 156 Å². The highest BCUT2D eigenvalue weighted by atomic mass is 15.3. The third-order valence-corrected chi connectivity index (χ3v) is 8.21. The molecule has 7 rings (SSSR count). The summed E-state index contributed by atoms with van der Waals surface area (Å²) in [7, 11) is 0. The van der Waals surface area contributed by atoms with E-state index in [0.717, 1.165) is 23.7 Å². The van der Waals surface area contributed by atoms with Gasteiger partial charge in [-0.1, -0.05) is 24.3 Å². The molecule has 134 valence electrons. The average molecular weight is 345 g/mol. The largest absolute Gasteiger partial charge is 0.353 e. The molecule has 2 heteroatoms. The fourth-order valence-corrected chi connectivity index (χ4v) is 7.59. The molecule has 2 heterocycles. The van der Waals surface area contributed by atoms with Gasteiger partial charge in [0.25, 0.3) is 0 Å². The number of pyridine rings is 1. The van der Waals surface area contributed by atoms with Crippen molar-refractivity contribution in [1.29, 1.82) is 0 Å². The molecule has 4 fully saturated rings. The number of aryl methyl sites for hydroxylation is 1. The molecule has 4 aliphatic carbocycles. The first kappa shape index (κ1) is 15.2. The second-order valence-electron chi connectivity index (χ2n) is 9.40. The lowest BCUT2D eigenvalue weighted by atomic mass is 9.47. The third kappa shape index (κ3) is 1.71. The SMILES string of the molecule is Cc1ccccc1N1C(C)c2cccnc2C12C1CC3CC(C1)CC2C3. The Kier molecular flexibility index (Phi) is 3.00. The van der Waals surface area contributed by atoms with Crippen LogP contribution in [0.2, 0.25) is 0 Å². The highest BCUT2D eigenvalue weighted by molar-refractivity contribution is 5.63. The molecule has 1 aromatic heterocycles. The maximum atomic E-state index is 5.07. The first-order chi connectivity index (χ1) is 12.7. The van der Waals surface area contributed by atoms with Crippen molar-refractivity contribution in [2.75, 3.05) is 4.90 Å². The van der Waals surface area contributed by atoms with Crippen molar-refractivity contribution >= 4 is 5.69 Å². The van der Waals surface area contributed by atoms with E-state index in [2.05, 4.69) is 55.1 Å². The van der Waals surface area contributed by atoms with Gasteiger partial charge in [-0.2, -0.15) is 0 Å². The van der Waals surface area contributed by atoms with E-state index in [-0.39, 0.29) is 5.54 Å². The van der Waals surface area contributed by atoms with E-state index >= 15 is 0 Å². The second kappa shape index (κ2) is 5.12. The zero-order valence-corrected chi connectivity index (χ0v) is 15.9. The van der Waals surface area contributed by atoms with Crippen LogP contribution in [0, 0.1) is 30.6 Å². The topological polar surface area (TPSA) is 16.1 Å². The van der Waals surface area contributed by atoms with E-state index in [1.165, 1.54) is 54.6 Å². The minimum absolute atomic E-state index is 0.134. The number of nitrogens with zero attached hydrogens (tertiary/aromatic N) is 2. The van der Waals surface area contributed by atoms with Crippen LogP contribution in [0.3, 0.4) is 0 Å². The van der Waals surface area contributed by atoms with Crippen molar-refractivity contribution < 1.29 is 0 Å². The normalized spacial score (nSPS) is 39.6. The summed E-state index contributed by atoms with van der Waals surface area (Å²) in [6, 6.07) is 13.9. The first-order valence-electron chi connectivity index (χ1n) is 10.5. The number of hydrogen-bond acceptors (Lipinski definition) is 2. The highest BCUT2D eigenvalue weighted by Gasteiger charge is 2.65. The summed E-state index contributed by atoms with van der Waals surface area (Å²) in [6.45, 7) is 4.69. The first-order valence-corrected chi connectivity index (χ1v) is 10.5. The van der Waals surface area contributed by atoms with Crippen LogP contribution in [0.25, 0.3) is 0 Å². The van der Waals surface area contributed by atoms with Crippen molar-refractivity contribution in [1.82, 2.24) is 4.98 Å². The zero-order chi connectivity index (χ0) is 17.5. The van der Waals surface area contributed by atoms with Crippen LogP contribution >= 0.6 is 0 Å². The van der Waals surface area contributed by atoms with E-state index in [1.807, 2.05) is 6.20 Å². The van der Waals surface area contributed by atoms with Crippen molar-refractivity contribution in [3.8, 4) is 0 Å². The van der Waals surface area contributed by atoms with Gasteiger partial charge in [-0.3, -0.25) is 4.98 Å². The van der Waals surface area contributed by atoms with Crippen LogP contribution in [0.4, 0.5) is 5.69 Å². The van der Waals surface area contributed by atoms with Crippen LogP contribution in [0.1, 0.15) is 61.9 Å². The Morgan fingerprint density at radius 2 is 1.62 bits per heavy atom. The van der Waals surface area contributed by atoms with Gasteiger partial charge in [0.05, 0.1) is 17.3 Å². The van der Waals surface area contributed by atoms with E-state index in [4.69, 9.17) is 4.98 Å². The molecule has 0 radical (unpaired) electrons. The van der Waals surface area contributed by atoms with Gasteiger partial charge < -0.3 is 4.90 Å². The van der Waals surface area contributed by atoms with Crippen LogP contribution in [-0.2, 0) is 5.54 Å². The van der Waals surface area contributed by atoms with E-state index in [9.17, 15) is 0 Å². The maximum absolute atomic E-state index is 5.07. The zero-order valence-electron chi connectivity index (χ0n) is 15.9. The monoisotopic (exact) mass is 344 g/mol. The molecule has 4 saturated carbocycles. The number of aromatic nitrogens is 1. The van der Waals surface area contributed by atoms with Gasteiger partial charge in [-0.15, -0.1) is 0 Å². The number of rotatable bonds is 1. The summed E-state index contributed by atoms with van der Waals surface area (Å²) in [5.41, 5.74) is 5.87. The molecule has 0 saturated heterocycles. The molecule has 1 spiro atoms. The number of benzene rings is 1. The molecule has 0 N–H and O–H groups in total. The standard InChI is InChI=1S/C24H28N2/c1-15-6-3-4-8-22(15)26-16(2)21-7-5-9-25-23(21)24(26)19-11-17-10-18(13-19)14-20(24)12-17/h3-9,16-20H,10-14H2,1-2H3. The summed E-state index contributed by atoms with van der Waals surface area (Å²) >= 11 is 0. The average Bonchev–Trinajstić information content (AvgIpc) is 2.90. The van der Waals surface area contributed by atoms with Gasteiger partial charge in [0.2, 0.25) is 0 Å². The van der Waals surface area contributed by atoms with Gasteiger partial charge in [0, 0.05) is 11.9 Å². The Balaban J connectivity index is 1.62. The number of hydrogen-bond donors (Lipinski definition) is 0. The molecular weight excluding hydrogens is 316 g/mol. The molecule has 1 atom stereocenters. The van der Waals surface area contributed by atoms with Gasteiger partial charge in [0.15, 0.2) is 0 Å². The minimum Gasteiger partial charge on any atom is -0.353 e. The van der Waals surface area contributed by atoms with Gasteiger partial charge in [0.1, 0.15) is 0 Å². The quantitative estimate of drug-likeness (QED) is 0.667. The molecule has 2 aromatic rings. The molecule has 0 amide bonds. The summed E-state index contributed by atoms with van der Waals surface area (Å²) in [6.07, 6.45) is 9.20.